The summed E-state index contributed by atoms with van der Waals surface area (Å²) in [6, 6.07) is -1.05. The van der Waals surface area contributed by atoms with Gasteiger partial charge in [0.25, 0.3) is 0 Å². The van der Waals surface area contributed by atoms with E-state index in [9.17, 15) is 9.59 Å². The molecule has 0 aliphatic carbocycles. The van der Waals surface area contributed by atoms with E-state index in [4.69, 9.17) is 5.11 Å². The summed E-state index contributed by atoms with van der Waals surface area (Å²) in [5, 5.41) is 19.2. The maximum Gasteiger partial charge on any atom is 0.327 e. The molecule has 1 aromatic heterocycles. The summed E-state index contributed by atoms with van der Waals surface area (Å²) in [5.74, 6) is -0.0871. The molecule has 0 spiro atoms. The zero-order valence-electron chi connectivity index (χ0n) is 10.2. The van der Waals surface area contributed by atoms with Gasteiger partial charge < -0.3 is 15.3 Å². The number of carboxylic acids is 1. The summed E-state index contributed by atoms with van der Waals surface area (Å²) in [5.41, 5.74) is 0. The van der Waals surface area contributed by atoms with Gasteiger partial charge in [0.1, 0.15) is 6.04 Å². The molecule has 1 aliphatic rings. The Morgan fingerprint density at radius 3 is 3.05 bits per heavy atom. The van der Waals surface area contributed by atoms with Gasteiger partial charge in [-0.3, -0.25) is 4.68 Å². The Hall–Kier alpha value is -1.77. The van der Waals surface area contributed by atoms with Crippen molar-refractivity contribution in [1.29, 1.82) is 0 Å². The summed E-state index contributed by atoms with van der Waals surface area (Å²) in [6.07, 6.45) is 4.06. The normalized spacial score (nSPS) is 18.5. The van der Waals surface area contributed by atoms with E-state index < -0.39 is 12.0 Å². The van der Waals surface area contributed by atoms with Gasteiger partial charge in [-0.15, -0.1) is 16.9 Å². The van der Waals surface area contributed by atoms with Crippen LogP contribution < -0.4 is 5.32 Å². The Morgan fingerprint density at radius 1 is 1.53 bits per heavy atom. The molecule has 1 fully saturated rings. The van der Waals surface area contributed by atoms with E-state index in [1.807, 2.05) is 0 Å². The number of hydrogen-bond donors (Lipinski definition) is 2. The molecular weight excluding hydrogens is 270 g/mol. The highest BCUT2D eigenvalue weighted by molar-refractivity contribution is 7.99. The standard InChI is InChI=1S/C10H15N5O3S/c16-9(17)8-6-19-7-15(8)10(18)11-2-1-4-14-5-3-12-13-14/h3,5,8H,1-2,4,6-7H2,(H,11,18)(H,16,17)/t8-/m0/s1. The molecule has 9 heteroatoms. The molecule has 0 bridgehead atoms. The smallest absolute Gasteiger partial charge is 0.327 e. The van der Waals surface area contributed by atoms with E-state index >= 15 is 0 Å². The number of nitrogens with one attached hydrogen (secondary N) is 1. The number of rotatable bonds is 5. The molecule has 2 rings (SSSR count). The van der Waals surface area contributed by atoms with Crippen molar-refractivity contribution in [3.63, 3.8) is 0 Å². The van der Waals surface area contributed by atoms with Crippen molar-refractivity contribution in [1.82, 2.24) is 25.2 Å². The number of carbonyl (C=O) groups excluding carboxylic acids is 1. The summed E-state index contributed by atoms with van der Waals surface area (Å²) in [6.45, 7) is 1.14. The van der Waals surface area contributed by atoms with Crippen LogP contribution in [0.25, 0.3) is 0 Å². The highest BCUT2D eigenvalue weighted by atomic mass is 32.2. The maximum absolute atomic E-state index is 11.8. The molecule has 0 radical (unpaired) electrons. The zero-order valence-corrected chi connectivity index (χ0v) is 11.0. The first-order valence-electron chi connectivity index (χ1n) is 5.87. The summed E-state index contributed by atoms with van der Waals surface area (Å²) < 4.78 is 1.68. The van der Waals surface area contributed by atoms with Crippen LogP contribution in [0, 0.1) is 0 Å². The molecule has 0 aromatic carbocycles. The second-order valence-corrected chi connectivity index (χ2v) is 5.08. The van der Waals surface area contributed by atoms with Gasteiger partial charge in [-0.1, -0.05) is 5.21 Å². The van der Waals surface area contributed by atoms with E-state index in [0.717, 1.165) is 0 Å². The minimum Gasteiger partial charge on any atom is -0.480 e. The lowest BCUT2D eigenvalue weighted by Crippen LogP contribution is -2.47. The van der Waals surface area contributed by atoms with E-state index in [1.54, 1.807) is 17.1 Å². The first-order valence-corrected chi connectivity index (χ1v) is 7.03. The van der Waals surface area contributed by atoms with E-state index in [0.29, 0.717) is 31.1 Å². The molecule has 2 N–H and O–H groups in total. The van der Waals surface area contributed by atoms with Crippen LogP contribution in [0.5, 0.6) is 0 Å². The quantitative estimate of drug-likeness (QED) is 0.729. The Morgan fingerprint density at radius 2 is 2.37 bits per heavy atom. The van der Waals surface area contributed by atoms with Gasteiger partial charge in [0.05, 0.1) is 12.1 Å². The van der Waals surface area contributed by atoms with Gasteiger partial charge in [0, 0.05) is 25.0 Å². The number of nitrogens with zero attached hydrogens (tertiary/aromatic N) is 4. The van der Waals surface area contributed by atoms with E-state index in [1.165, 1.54) is 16.7 Å². The van der Waals surface area contributed by atoms with E-state index in [2.05, 4.69) is 15.6 Å². The van der Waals surface area contributed by atoms with Gasteiger partial charge in [0.2, 0.25) is 0 Å². The van der Waals surface area contributed by atoms with Crippen LogP contribution >= 0.6 is 11.8 Å². The van der Waals surface area contributed by atoms with Crippen LogP contribution in [0.4, 0.5) is 4.79 Å². The topological polar surface area (TPSA) is 100 Å². The Labute approximate surface area is 114 Å². The molecule has 1 aliphatic heterocycles. The van der Waals surface area contributed by atoms with Crippen molar-refractivity contribution in [3.05, 3.63) is 12.4 Å². The molecule has 2 amide bonds. The summed E-state index contributed by atoms with van der Waals surface area (Å²) in [4.78, 5) is 24.1. The van der Waals surface area contributed by atoms with Crippen molar-refractivity contribution >= 4 is 23.8 Å². The number of aromatic nitrogens is 3. The van der Waals surface area contributed by atoms with Gasteiger partial charge in [-0.25, -0.2) is 9.59 Å². The molecule has 1 atom stereocenters. The minimum atomic E-state index is -0.956. The van der Waals surface area contributed by atoms with Crippen molar-refractivity contribution in [2.24, 2.45) is 0 Å². The van der Waals surface area contributed by atoms with Crippen LogP contribution in [-0.2, 0) is 11.3 Å². The maximum atomic E-state index is 11.8. The number of aryl methyl sites for hydroxylation is 1. The average molecular weight is 285 g/mol. The van der Waals surface area contributed by atoms with Crippen LogP contribution in [0.1, 0.15) is 6.42 Å². The Bertz CT molecular complexity index is 438. The third-order valence-corrected chi connectivity index (χ3v) is 3.75. The van der Waals surface area contributed by atoms with E-state index in [-0.39, 0.29) is 6.03 Å². The van der Waals surface area contributed by atoms with Crippen LogP contribution in [0.2, 0.25) is 0 Å². The lowest BCUT2D eigenvalue weighted by molar-refractivity contribution is -0.140. The van der Waals surface area contributed by atoms with Gasteiger partial charge in [-0.05, 0) is 6.42 Å². The largest absolute Gasteiger partial charge is 0.480 e. The fraction of sp³-hybridized carbons (Fsp3) is 0.600. The molecule has 19 heavy (non-hydrogen) atoms. The predicted molar refractivity (Wildman–Crippen MR) is 68.6 cm³/mol. The van der Waals surface area contributed by atoms with Crippen LogP contribution in [0.3, 0.4) is 0 Å². The number of hydrogen-bond acceptors (Lipinski definition) is 5. The zero-order chi connectivity index (χ0) is 13.7. The Balaban J connectivity index is 1.70. The molecule has 1 aromatic rings. The summed E-state index contributed by atoms with van der Waals surface area (Å²) >= 11 is 1.45. The fourth-order valence-corrected chi connectivity index (χ4v) is 2.88. The van der Waals surface area contributed by atoms with Crippen molar-refractivity contribution < 1.29 is 14.7 Å². The molecule has 1 saturated heterocycles. The first kappa shape index (κ1) is 13.7. The highest BCUT2D eigenvalue weighted by Crippen LogP contribution is 2.20. The minimum absolute atomic E-state index is 0.323. The number of thioether (sulfide) groups is 1. The van der Waals surface area contributed by atoms with Crippen LogP contribution in [0.15, 0.2) is 12.4 Å². The van der Waals surface area contributed by atoms with Crippen molar-refractivity contribution in [3.8, 4) is 0 Å². The van der Waals surface area contributed by atoms with Crippen molar-refractivity contribution in [2.75, 3.05) is 18.2 Å². The van der Waals surface area contributed by atoms with Gasteiger partial charge >= 0.3 is 12.0 Å². The average Bonchev–Trinajstić information content (AvgIpc) is 3.04. The SMILES string of the molecule is O=C(O)[C@@H]1CSCN1C(=O)NCCCn1ccnn1. The monoisotopic (exact) mass is 285 g/mol. The lowest BCUT2D eigenvalue weighted by Gasteiger charge is -2.20. The van der Waals surface area contributed by atoms with Gasteiger partial charge in [0.15, 0.2) is 0 Å². The molecule has 0 saturated carbocycles. The first-order chi connectivity index (χ1) is 9.18. The molecule has 104 valence electrons. The van der Waals surface area contributed by atoms with Crippen LogP contribution in [-0.4, -0.2) is 61.2 Å². The lowest BCUT2D eigenvalue weighted by atomic mass is 10.3. The fourth-order valence-electron chi connectivity index (χ4n) is 1.74. The highest BCUT2D eigenvalue weighted by Gasteiger charge is 2.34. The number of carbonyl (C=O) groups is 2. The number of urea groups is 1. The second kappa shape index (κ2) is 6.41. The van der Waals surface area contributed by atoms with Crippen molar-refractivity contribution in [2.45, 2.75) is 19.0 Å². The molecule has 8 nitrogen and oxygen atoms in total. The molecular formula is C10H15N5O3S. The van der Waals surface area contributed by atoms with Gasteiger partial charge in [-0.2, -0.15) is 0 Å². The predicted octanol–water partition coefficient (Wildman–Crippen LogP) is -0.163. The Kier molecular flexibility index (Phi) is 4.61. The molecule has 0 unspecified atom stereocenters. The number of carboxylic acid groups (broad SMARTS) is 1. The molecule has 2 heterocycles. The summed E-state index contributed by atoms with van der Waals surface area (Å²) in [7, 11) is 0. The third kappa shape index (κ3) is 3.60. The third-order valence-electron chi connectivity index (χ3n) is 2.74. The number of amides is 2. The number of aliphatic carboxylic acids is 1. The second-order valence-electron chi connectivity index (χ2n) is 4.08.